The molecule has 0 saturated carbocycles. The maximum absolute atomic E-state index is 13.1. The van der Waals surface area contributed by atoms with Gasteiger partial charge >= 0.3 is 0 Å². The standard InChI is InChI=1S/C28H24FN5O2S2/c1-19-7-13-23(14-8-19)36-17-25-32-33-28(34(25)22-5-3-2-4-6-22)37-18-26(35)31-27-30-16-24(38-27)15-20-9-11-21(29)12-10-20/h2-14,16H,15,17-18H2,1H3,(H,30,31,35). The highest BCUT2D eigenvalue weighted by Gasteiger charge is 2.17. The number of para-hydroxylation sites is 1. The molecule has 0 saturated heterocycles. The minimum absolute atomic E-state index is 0.136. The number of benzene rings is 3. The van der Waals surface area contributed by atoms with E-state index in [0.717, 1.165) is 27.4 Å². The van der Waals surface area contributed by atoms with Gasteiger partial charge in [-0.15, -0.1) is 21.5 Å². The molecule has 7 nitrogen and oxygen atoms in total. The monoisotopic (exact) mass is 545 g/mol. The second-order valence-electron chi connectivity index (χ2n) is 8.44. The molecule has 1 amide bonds. The van der Waals surface area contributed by atoms with E-state index in [2.05, 4.69) is 20.5 Å². The Morgan fingerprint density at radius 1 is 1.03 bits per heavy atom. The first kappa shape index (κ1) is 25.6. The van der Waals surface area contributed by atoms with Gasteiger partial charge in [0, 0.05) is 23.2 Å². The quantitative estimate of drug-likeness (QED) is 0.215. The van der Waals surface area contributed by atoms with Gasteiger partial charge in [-0.1, -0.05) is 59.8 Å². The lowest BCUT2D eigenvalue weighted by atomic mass is 10.1. The third kappa shape index (κ3) is 6.64. The van der Waals surface area contributed by atoms with Crippen molar-refractivity contribution in [2.75, 3.05) is 11.1 Å². The molecule has 0 aliphatic carbocycles. The molecule has 0 spiro atoms. The van der Waals surface area contributed by atoms with Crippen molar-refractivity contribution in [3.8, 4) is 11.4 Å². The van der Waals surface area contributed by atoms with Crippen LogP contribution in [0.5, 0.6) is 5.75 Å². The van der Waals surface area contributed by atoms with Crippen molar-refractivity contribution in [2.24, 2.45) is 0 Å². The molecule has 38 heavy (non-hydrogen) atoms. The Labute approximate surface area is 227 Å². The van der Waals surface area contributed by atoms with Gasteiger partial charge in [-0.25, -0.2) is 9.37 Å². The SMILES string of the molecule is Cc1ccc(OCc2nnc(SCC(=O)Nc3ncc(Cc4ccc(F)cc4)s3)n2-c2ccccc2)cc1. The lowest BCUT2D eigenvalue weighted by Gasteiger charge is -2.11. The molecule has 192 valence electrons. The first-order chi connectivity index (χ1) is 18.5. The Bertz CT molecular complexity index is 1500. The number of thioether (sulfide) groups is 1. The van der Waals surface area contributed by atoms with Gasteiger partial charge in [-0.05, 0) is 48.9 Å². The molecule has 3 aromatic carbocycles. The van der Waals surface area contributed by atoms with Crippen LogP contribution >= 0.6 is 23.1 Å². The largest absolute Gasteiger partial charge is 0.486 e. The smallest absolute Gasteiger partial charge is 0.236 e. The number of hydrogen-bond acceptors (Lipinski definition) is 7. The highest BCUT2D eigenvalue weighted by Crippen LogP contribution is 2.25. The zero-order chi connectivity index (χ0) is 26.3. The van der Waals surface area contributed by atoms with Crippen LogP contribution in [0.4, 0.5) is 9.52 Å². The van der Waals surface area contributed by atoms with Crippen molar-refractivity contribution in [3.05, 3.63) is 113 Å². The van der Waals surface area contributed by atoms with Crippen molar-refractivity contribution in [2.45, 2.75) is 25.1 Å². The molecule has 0 atom stereocenters. The van der Waals surface area contributed by atoms with E-state index < -0.39 is 0 Å². The minimum atomic E-state index is -0.266. The summed E-state index contributed by atoms with van der Waals surface area (Å²) in [5.41, 5.74) is 3.02. The number of nitrogens with zero attached hydrogens (tertiary/aromatic N) is 4. The van der Waals surface area contributed by atoms with E-state index in [9.17, 15) is 9.18 Å². The van der Waals surface area contributed by atoms with E-state index in [1.807, 2.05) is 66.1 Å². The predicted molar refractivity (Wildman–Crippen MR) is 148 cm³/mol. The van der Waals surface area contributed by atoms with Crippen LogP contribution in [0.3, 0.4) is 0 Å². The summed E-state index contributed by atoms with van der Waals surface area (Å²) in [6.45, 7) is 2.25. The highest BCUT2D eigenvalue weighted by molar-refractivity contribution is 7.99. The Balaban J connectivity index is 1.23. The molecule has 2 aromatic heterocycles. The maximum Gasteiger partial charge on any atom is 0.236 e. The zero-order valence-corrected chi connectivity index (χ0v) is 22.1. The summed E-state index contributed by atoms with van der Waals surface area (Å²) in [7, 11) is 0. The molecule has 5 aromatic rings. The number of aromatic nitrogens is 4. The van der Waals surface area contributed by atoms with Crippen LogP contribution in [-0.2, 0) is 17.8 Å². The Morgan fingerprint density at radius 2 is 1.79 bits per heavy atom. The molecular formula is C28H24FN5O2S2. The van der Waals surface area contributed by atoms with Crippen molar-refractivity contribution in [1.82, 2.24) is 19.7 Å². The third-order valence-corrected chi connectivity index (χ3v) is 7.37. The molecule has 0 aliphatic heterocycles. The molecule has 2 heterocycles. The summed E-state index contributed by atoms with van der Waals surface area (Å²) in [5.74, 6) is 1.05. The number of rotatable bonds is 10. The molecule has 0 aliphatic rings. The number of aryl methyl sites for hydroxylation is 1. The van der Waals surface area contributed by atoms with Gasteiger partial charge in [0.25, 0.3) is 0 Å². The molecular weight excluding hydrogens is 521 g/mol. The van der Waals surface area contributed by atoms with E-state index in [1.165, 1.54) is 35.2 Å². The van der Waals surface area contributed by atoms with Crippen molar-refractivity contribution in [1.29, 1.82) is 0 Å². The molecule has 5 rings (SSSR count). The summed E-state index contributed by atoms with van der Waals surface area (Å²) in [6.07, 6.45) is 2.35. The highest BCUT2D eigenvalue weighted by atomic mass is 32.2. The fraction of sp³-hybridized carbons (Fsp3) is 0.143. The normalized spacial score (nSPS) is 10.9. The topological polar surface area (TPSA) is 81.9 Å². The van der Waals surface area contributed by atoms with Crippen LogP contribution in [0.25, 0.3) is 5.69 Å². The molecule has 1 N–H and O–H groups in total. The lowest BCUT2D eigenvalue weighted by molar-refractivity contribution is -0.113. The zero-order valence-electron chi connectivity index (χ0n) is 20.5. The summed E-state index contributed by atoms with van der Waals surface area (Å²) in [4.78, 5) is 18.0. The summed E-state index contributed by atoms with van der Waals surface area (Å²) in [5, 5.41) is 12.6. The second kappa shape index (κ2) is 12.0. The number of halogens is 1. The Hall–Kier alpha value is -4.02. The number of ether oxygens (including phenoxy) is 1. The first-order valence-corrected chi connectivity index (χ1v) is 13.6. The lowest BCUT2D eigenvalue weighted by Crippen LogP contribution is -2.14. The Kier molecular flexibility index (Phi) is 8.10. The number of amides is 1. The minimum Gasteiger partial charge on any atom is -0.486 e. The summed E-state index contributed by atoms with van der Waals surface area (Å²) >= 11 is 2.68. The van der Waals surface area contributed by atoms with Gasteiger partial charge in [0.1, 0.15) is 18.2 Å². The molecule has 0 fully saturated rings. The molecule has 0 radical (unpaired) electrons. The van der Waals surface area contributed by atoms with E-state index in [-0.39, 0.29) is 24.1 Å². The number of hydrogen-bond donors (Lipinski definition) is 1. The van der Waals surface area contributed by atoms with E-state index >= 15 is 0 Å². The second-order valence-corrected chi connectivity index (χ2v) is 10.5. The molecule has 0 bridgehead atoms. The van der Waals surface area contributed by atoms with Crippen LogP contribution in [0.2, 0.25) is 0 Å². The summed E-state index contributed by atoms with van der Waals surface area (Å²) in [6, 6.07) is 23.9. The number of anilines is 1. The predicted octanol–water partition coefficient (Wildman–Crippen LogP) is 6.07. The number of carbonyl (C=O) groups excluding carboxylic acids is 1. The first-order valence-electron chi connectivity index (χ1n) is 11.8. The maximum atomic E-state index is 13.1. The van der Waals surface area contributed by atoms with Gasteiger partial charge in [0.15, 0.2) is 16.1 Å². The molecule has 10 heteroatoms. The van der Waals surface area contributed by atoms with Crippen LogP contribution in [-0.4, -0.2) is 31.4 Å². The van der Waals surface area contributed by atoms with Crippen LogP contribution in [0.1, 0.15) is 21.8 Å². The average Bonchev–Trinajstić information content (AvgIpc) is 3.55. The van der Waals surface area contributed by atoms with Crippen LogP contribution < -0.4 is 10.1 Å². The fourth-order valence-electron chi connectivity index (χ4n) is 3.64. The summed E-state index contributed by atoms with van der Waals surface area (Å²) < 4.78 is 21.0. The van der Waals surface area contributed by atoms with Crippen molar-refractivity contribution >= 4 is 34.1 Å². The van der Waals surface area contributed by atoms with E-state index in [4.69, 9.17) is 4.74 Å². The van der Waals surface area contributed by atoms with E-state index in [0.29, 0.717) is 22.5 Å². The number of thiazole rings is 1. The average molecular weight is 546 g/mol. The number of carbonyl (C=O) groups is 1. The van der Waals surface area contributed by atoms with Gasteiger partial charge in [0.2, 0.25) is 5.91 Å². The van der Waals surface area contributed by atoms with Crippen molar-refractivity contribution < 1.29 is 13.9 Å². The fourth-order valence-corrected chi connectivity index (χ4v) is 5.28. The van der Waals surface area contributed by atoms with Gasteiger partial charge < -0.3 is 10.1 Å². The molecule has 0 unspecified atom stereocenters. The number of nitrogens with one attached hydrogen (secondary N) is 1. The van der Waals surface area contributed by atoms with Crippen molar-refractivity contribution in [3.63, 3.8) is 0 Å². The van der Waals surface area contributed by atoms with Crippen LogP contribution in [0, 0.1) is 12.7 Å². The van der Waals surface area contributed by atoms with Crippen LogP contribution in [0.15, 0.2) is 90.2 Å². The van der Waals surface area contributed by atoms with E-state index in [1.54, 1.807) is 18.3 Å². The third-order valence-electron chi connectivity index (χ3n) is 5.53. The van der Waals surface area contributed by atoms with Gasteiger partial charge in [-0.2, -0.15) is 0 Å². The van der Waals surface area contributed by atoms with Gasteiger partial charge in [0.05, 0.1) is 5.75 Å². The Morgan fingerprint density at radius 3 is 2.55 bits per heavy atom. The van der Waals surface area contributed by atoms with Gasteiger partial charge in [-0.3, -0.25) is 9.36 Å².